The molecule has 24 heavy (non-hydrogen) atoms. The first-order chi connectivity index (χ1) is 11.8. The Hall–Kier alpha value is -2.49. The summed E-state index contributed by atoms with van der Waals surface area (Å²) < 4.78 is 2.10. The van der Waals surface area contributed by atoms with Gasteiger partial charge in [0.25, 0.3) is 0 Å². The van der Waals surface area contributed by atoms with E-state index >= 15 is 0 Å². The zero-order valence-electron chi connectivity index (χ0n) is 13.9. The van der Waals surface area contributed by atoms with Crippen LogP contribution in [0, 0.1) is 0 Å². The van der Waals surface area contributed by atoms with Gasteiger partial charge in [-0.05, 0) is 66.0 Å². The van der Waals surface area contributed by atoms with Crippen molar-refractivity contribution in [1.29, 1.82) is 0 Å². The number of fused-ring (bicyclic) bond motifs is 3. The summed E-state index contributed by atoms with van der Waals surface area (Å²) in [6.07, 6.45) is 11.6. The van der Waals surface area contributed by atoms with Gasteiger partial charge in [0.15, 0.2) is 0 Å². The molecule has 0 atom stereocenters. The molecule has 1 aliphatic carbocycles. The van der Waals surface area contributed by atoms with Crippen molar-refractivity contribution in [2.45, 2.75) is 44.4 Å². The smallest absolute Gasteiger partial charge is 0.137 e. The lowest BCUT2D eigenvalue weighted by atomic mass is 9.91. The summed E-state index contributed by atoms with van der Waals surface area (Å²) >= 11 is 0. The maximum absolute atomic E-state index is 4.53. The Labute approximate surface area is 141 Å². The van der Waals surface area contributed by atoms with E-state index in [1.54, 1.807) is 0 Å². The number of pyridine rings is 1. The zero-order chi connectivity index (χ0) is 16.1. The summed E-state index contributed by atoms with van der Waals surface area (Å²) in [4.78, 5) is 4.53. The highest BCUT2D eigenvalue weighted by Gasteiger charge is 2.42. The third kappa shape index (κ3) is 2.02. The highest BCUT2D eigenvalue weighted by molar-refractivity contribution is 5.67. The Balaban J connectivity index is 1.56. The minimum atomic E-state index is 0.397. The monoisotopic (exact) mass is 316 g/mol. The average molecular weight is 316 g/mol. The van der Waals surface area contributed by atoms with Gasteiger partial charge in [0.2, 0.25) is 0 Å². The van der Waals surface area contributed by atoms with Crippen LogP contribution < -0.4 is 0 Å². The Morgan fingerprint density at radius 1 is 1.08 bits per heavy atom. The number of hydrogen-bond acceptors (Lipinski definition) is 3. The molecular weight excluding hydrogens is 296 g/mol. The van der Waals surface area contributed by atoms with Gasteiger partial charge in [0.1, 0.15) is 12.2 Å². The number of hydrogen-bond donors (Lipinski definition) is 0. The Morgan fingerprint density at radius 2 is 2.00 bits per heavy atom. The molecule has 2 aromatic heterocycles. The third-order valence-electron chi connectivity index (χ3n) is 5.79. The van der Waals surface area contributed by atoms with E-state index in [2.05, 4.69) is 57.1 Å². The molecule has 0 saturated heterocycles. The van der Waals surface area contributed by atoms with E-state index in [1.807, 2.05) is 12.5 Å². The summed E-state index contributed by atoms with van der Waals surface area (Å²) in [5.74, 6) is 1.05. The van der Waals surface area contributed by atoms with E-state index in [1.165, 1.54) is 47.2 Å². The van der Waals surface area contributed by atoms with Gasteiger partial charge in [-0.3, -0.25) is 9.55 Å². The largest absolute Gasteiger partial charge is 0.285 e. The van der Waals surface area contributed by atoms with Crippen LogP contribution in [0.25, 0.3) is 16.8 Å². The van der Waals surface area contributed by atoms with Crippen molar-refractivity contribution in [2.75, 3.05) is 0 Å². The number of benzene rings is 1. The predicted molar refractivity (Wildman–Crippen MR) is 93.2 cm³/mol. The normalized spacial score (nSPS) is 17.2. The van der Waals surface area contributed by atoms with Gasteiger partial charge in [-0.15, -0.1) is 10.2 Å². The quantitative estimate of drug-likeness (QED) is 0.737. The van der Waals surface area contributed by atoms with E-state index in [0.717, 1.165) is 18.7 Å². The molecule has 4 heteroatoms. The molecule has 4 nitrogen and oxygen atoms in total. The molecule has 120 valence electrons. The maximum atomic E-state index is 4.53. The van der Waals surface area contributed by atoms with Crippen LogP contribution in [0.15, 0.2) is 43.0 Å². The summed E-state index contributed by atoms with van der Waals surface area (Å²) in [5.41, 5.74) is 6.86. The minimum Gasteiger partial charge on any atom is -0.285 e. The number of nitrogens with zero attached hydrogens (tertiary/aromatic N) is 4. The van der Waals surface area contributed by atoms with Crippen molar-refractivity contribution in [2.24, 2.45) is 0 Å². The molecular formula is C20H20N4. The van der Waals surface area contributed by atoms with Crippen molar-refractivity contribution in [1.82, 2.24) is 19.7 Å². The first-order valence-electron chi connectivity index (χ1n) is 8.77. The van der Waals surface area contributed by atoms with Gasteiger partial charge in [0, 0.05) is 24.4 Å². The van der Waals surface area contributed by atoms with Gasteiger partial charge < -0.3 is 0 Å². The Morgan fingerprint density at radius 3 is 2.83 bits per heavy atom. The van der Waals surface area contributed by atoms with Crippen LogP contribution in [-0.2, 0) is 18.3 Å². The standard InChI is InChI=1S/C20H20N4/c1-2-20(7-8-20)17-10-16(11-21-12-17)14-3-5-18-15(9-14)4-6-19-23-22-13-24(18)19/h3,5,9-13H,2,4,6-8H2,1H3. The third-order valence-corrected chi connectivity index (χ3v) is 5.79. The second-order valence-corrected chi connectivity index (χ2v) is 7.06. The van der Waals surface area contributed by atoms with Crippen LogP contribution in [0.4, 0.5) is 0 Å². The van der Waals surface area contributed by atoms with Crippen molar-refractivity contribution < 1.29 is 0 Å². The van der Waals surface area contributed by atoms with Gasteiger partial charge in [-0.2, -0.15) is 0 Å². The van der Waals surface area contributed by atoms with Gasteiger partial charge in [-0.25, -0.2) is 0 Å². The fourth-order valence-electron chi connectivity index (χ4n) is 3.96. The van der Waals surface area contributed by atoms with Gasteiger partial charge >= 0.3 is 0 Å². The van der Waals surface area contributed by atoms with E-state index in [4.69, 9.17) is 0 Å². The van der Waals surface area contributed by atoms with E-state index in [0.29, 0.717) is 5.41 Å². The van der Waals surface area contributed by atoms with Gasteiger partial charge in [0.05, 0.1) is 5.69 Å². The lowest BCUT2D eigenvalue weighted by Crippen LogP contribution is -2.11. The summed E-state index contributed by atoms with van der Waals surface area (Å²) in [7, 11) is 0. The SMILES string of the molecule is CCC1(c2cncc(-c3ccc4c(c3)CCc3nncn3-4)c2)CC1. The molecule has 0 radical (unpaired) electrons. The summed E-state index contributed by atoms with van der Waals surface area (Å²) in [6.45, 7) is 2.29. The molecule has 3 heterocycles. The van der Waals surface area contributed by atoms with Crippen LogP contribution in [0.1, 0.15) is 43.1 Å². The van der Waals surface area contributed by atoms with Crippen LogP contribution in [0.2, 0.25) is 0 Å². The lowest BCUT2D eigenvalue weighted by molar-refractivity contribution is 0.661. The molecule has 0 bridgehead atoms. The predicted octanol–water partition coefficient (Wildman–Crippen LogP) is 3.87. The molecule has 0 N–H and O–H groups in total. The second-order valence-electron chi connectivity index (χ2n) is 7.06. The van der Waals surface area contributed by atoms with Crippen molar-refractivity contribution in [3.63, 3.8) is 0 Å². The topological polar surface area (TPSA) is 43.6 Å². The highest BCUT2D eigenvalue weighted by atomic mass is 15.3. The molecule has 2 aliphatic rings. The number of aromatic nitrogens is 4. The minimum absolute atomic E-state index is 0.397. The number of aryl methyl sites for hydroxylation is 2. The van der Waals surface area contributed by atoms with Crippen molar-refractivity contribution in [3.05, 3.63) is 59.9 Å². The van der Waals surface area contributed by atoms with Crippen LogP contribution in [0.3, 0.4) is 0 Å². The van der Waals surface area contributed by atoms with E-state index in [-0.39, 0.29) is 0 Å². The van der Waals surface area contributed by atoms with E-state index in [9.17, 15) is 0 Å². The molecule has 1 saturated carbocycles. The summed E-state index contributed by atoms with van der Waals surface area (Å²) in [6, 6.07) is 9.04. The molecule has 3 aromatic rings. The molecule has 1 aliphatic heterocycles. The van der Waals surface area contributed by atoms with Crippen LogP contribution in [-0.4, -0.2) is 19.7 Å². The molecule has 0 unspecified atom stereocenters. The first-order valence-corrected chi connectivity index (χ1v) is 8.77. The van der Waals surface area contributed by atoms with Crippen molar-refractivity contribution >= 4 is 0 Å². The molecule has 0 spiro atoms. The Bertz CT molecular complexity index is 921. The second kappa shape index (κ2) is 5.00. The maximum Gasteiger partial charge on any atom is 0.137 e. The zero-order valence-corrected chi connectivity index (χ0v) is 13.9. The molecule has 1 aromatic carbocycles. The Kier molecular flexibility index (Phi) is 2.90. The fraction of sp³-hybridized carbons (Fsp3) is 0.350. The molecule has 0 amide bonds. The van der Waals surface area contributed by atoms with E-state index < -0.39 is 0 Å². The van der Waals surface area contributed by atoms with Crippen molar-refractivity contribution in [3.8, 4) is 16.8 Å². The first kappa shape index (κ1) is 13.9. The van der Waals surface area contributed by atoms with Crippen LogP contribution in [0.5, 0.6) is 0 Å². The highest BCUT2D eigenvalue weighted by Crippen LogP contribution is 2.51. The van der Waals surface area contributed by atoms with Gasteiger partial charge in [-0.1, -0.05) is 13.0 Å². The average Bonchev–Trinajstić information content (AvgIpc) is 3.30. The number of rotatable bonds is 3. The van der Waals surface area contributed by atoms with Crippen LogP contribution >= 0.6 is 0 Å². The molecule has 5 rings (SSSR count). The summed E-state index contributed by atoms with van der Waals surface area (Å²) in [5, 5.41) is 8.24. The lowest BCUT2D eigenvalue weighted by Gasteiger charge is -2.19. The molecule has 1 fully saturated rings. The fourth-order valence-corrected chi connectivity index (χ4v) is 3.96.